The van der Waals surface area contributed by atoms with Gasteiger partial charge in [-0.25, -0.2) is 4.98 Å². The highest BCUT2D eigenvalue weighted by Gasteiger charge is 2.20. The molecule has 0 spiro atoms. The molecule has 0 aliphatic carbocycles. The Morgan fingerprint density at radius 3 is 3.20 bits per heavy atom. The number of fused-ring (bicyclic) bond motifs is 1. The molecule has 6 heteroatoms. The molecule has 1 aliphatic rings. The summed E-state index contributed by atoms with van der Waals surface area (Å²) in [7, 11) is 0. The fraction of sp³-hybridized carbons (Fsp3) is 0.333. The second kappa shape index (κ2) is 3.01. The van der Waals surface area contributed by atoms with Crippen LogP contribution in [0.25, 0.3) is 11.4 Å². The van der Waals surface area contributed by atoms with E-state index in [0.29, 0.717) is 24.1 Å². The molecule has 0 saturated carbocycles. The molecule has 0 atom stereocenters. The monoisotopic (exact) mass is 205 g/mol. The average molecular weight is 205 g/mol. The molecule has 0 radical (unpaired) electrons. The fourth-order valence-corrected chi connectivity index (χ4v) is 1.74. The van der Waals surface area contributed by atoms with Crippen LogP contribution in [-0.4, -0.2) is 26.1 Å². The molecule has 3 N–H and O–H groups in total. The maximum absolute atomic E-state index is 5.99. The van der Waals surface area contributed by atoms with E-state index in [1.165, 1.54) is 0 Å². The minimum Gasteiger partial charge on any atom is -0.465 e. The second-order valence-electron chi connectivity index (χ2n) is 3.45. The topological polar surface area (TPSA) is 81.8 Å². The lowest BCUT2D eigenvalue weighted by Gasteiger charge is -2.14. The van der Waals surface area contributed by atoms with Crippen LogP contribution in [0.1, 0.15) is 6.42 Å². The van der Waals surface area contributed by atoms with Gasteiger partial charge in [0.15, 0.2) is 0 Å². The second-order valence-corrected chi connectivity index (χ2v) is 3.45. The highest BCUT2D eigenvalue weighted by Crippen LogP contribution is 2.30. The third-order valence-corrected chi connectivity index (χ3v) is 2.48. The first kappa shape index (κ1) is 8.34. The Bertz CT molecular complexity index is 473. The fourth-order valence-electron chi connectivity index (χ4n) is 1.74. The predicted molar refractivity (Wildman–Crippen MR) is 54.3 cm³/mol. The van der Waals surface area contributed by atoms with Gasteiger partial charge in [-0.15, -0.1) is 0 Å². The number of nitrogens with one attached hydrogen (secondary N) is 1. The number of ether oxygens (including phenoxy) is 1. The number of nitrogen functional groups attached to an aromatic ring is 1. The van der Waals surface area contributed by atoms with Gasteiger partial charge in [0.1, 0.15) is 11.5 Å². The van der Waals surface area contributed by atoms with Crippen molar-refractivity contribution in [2.24, 2.45) is 0 Å². The molecule has 1 aliphatic heterocycles. The normalized spacial score (nSPS) is 14.7. The van der Waals surface area contributed by atoms with E-state index < -0.39 is 0 Å². The quantitative estimate of drug-likeness (QED) is 0.715. The van der Waals surface area contributed by atoms with Gasteiger partial charge in [-0.05, 0) is 6.42 Å². The van der Waals surface area contributed by atoms with Crippen molar-refractivity contribution in [3.63, 3.8) is 0 Å². The summed E-state index contributed by atoms with van der Waals surface area (Å²) >= 11 is 0. The van der Waals surface area contributed by atoms with E-state index in [-0.39, 0.29) is 0 Å². The lowest BCUT2D eigenvalue weighted by atomic mass is 10.3. The van der Waals surface area contributed by atoms with Crippen LogP contribution in [0, 0.1) is 0 Å². The van der Waals surface area contributed by atoms with Crippen molar-refractivity contribution in [1.82, 2.24) is 19.5 Å². The van der Waals surface area contributed by atoms with Crippen LogP contribution in [0.3, 0.4) is 0 Å². The van der Waals surface area contributed by atoms with Gasteiger partial charge < -0.3 is 15.5 Å². The standard InChI is InChI=1S/C9H11N5O/c10-8-7(6-4-11-5-12-6)13-9-14(8)2-1-3-15-9/h4-5H,1-3,10H2,(H,11,12). The Hall–Kier alpha value is -1.98. The number of anilines is 1. The average Bonchev–Trinajstić information content (AvgIpc) is 2.87. The Morgan fingerprint density at radius 2 is 2.47 bits per heavy atom. The van der Waals surface area contributed by atoms with E-state index in [9.17, 15) is 0 Å². The van der Waals surface area contributed by atoms with E-state index in [0.717, 1.165) is 18.7 Å². The number of nitrogens with zero attached hydrogens (tertiary/aromatic N) is 3. The molecule has 3 heterocycles. The predicted octanol–water partition coefficient (Wildman–Crippen LogP) is 0.638. The van der Waals surface area contributed by atoms with Crippen LogP contribution in [0.4, 0.5) is 5.82 Å². The summed E-state index contributed by atoms with van der Waals surface area (Å²) in [5, 5.41) is 0. The van der Waals surface area contributed by atoms with E-state index in [4.69, 9.17) is 10.5 Å². The number of imidazole rings is 2. The third-order valence-electron chi connectivity index (χ3n) is 2.48. The minimum atomic E-state index is 0.600. The zero-order valence-corrected chi connectivity index (χ0v) is 8.10. The van der Waals surface area contributed by atoms with Gasteiger partial charge >= 0.3 is 0 Å². The zero-order valence-electron chi connectivity index (χ0n) is 8.10. The van der Waals surface area contributed by atoms with Gasteiger partial charge in [0.05, 0.1) is 24.8 Å². The van der Waals surface area contributed by atoms with Crippen LogP contribution in [0.15, 0.2) is 12.5 Å². The molecule has 0 bridgehead atoms. The summed E-state index contributed by atoms with van der Waals surface area (Å²) in [6, 6.07) is 0.600. The van der Waals surface area contributed by atoms with Crippen LogP contribution in [-0.2, 0) is 6.54 Å². The molecule has 78 valence electrons. The highest BCUT2D eigenvalue weighted by molar-refractivity contribution is 5.68. The third kappa shape index (κ3) is 1.18. The Kier molecular flexibility index (Phi) is 1.67. The van der Waals surface area contributed by atoms with Crippen molar-refractivity contribution >= 4 is 5.82 Å². The number of aromatic amines is 1. The molecule has 6 nitrogen and oxygen atoms in total. The maximum Gasteiger partial charge on any atom is 0.298 e. The largest absolute Gasteiger partial charge is 0.465 e. The van der Waals surface area contributed by atoms with Gasteiger partial charge in [-0.1, -0.05) is 0 Å². The van der Waals surface area contributed by atoms with E-state index in [1.807, 2.05) is 4.57 Å². The summed E-state index contributed by atoms with van der Waals surface area (Å²) in [6.45, 7) is 1.57. The van der Waals surface area contributed by atoms with Gasteiger partial charge in [0.2, 0.25) is 0 Å². The van der Waals surface area contributed by atoms with Gasteiger partial charge in [-0.2, -0.15) is 4.98 Å². The first-order valence-corrected chi connectivity index (χ1v) is 4.84. The molecule has 0 aromatic carbocycles. The summed E-state index contributed by atoms with van der Waals surface area (Å²) in [6.07, 6.45) is 4.27. The van der Waals surface area contributed by atoms with Crippen molar-refractivity contribution < 1.29 is 4.74 Å². The van der Waals surface area contributed by atoms with E-state index in [2.05, 4.69) is 15.0 Å². The Morgan fingerprint density at radius 1 is 1.53 bits per heavy atom. The van der Waals surface area contributed by atoms with E-state index in [1.54, 1.807) is 12.5 Å². The molecule has 0 amide bonds. The number of rotatable bonds is 1. The first-order valence-electron chi connectivity index (χ1n) is 4.84. The lowest BCUT2D eigenvalue weighted by Crippen LogP contribution is -2.15. The van der Waals surface area contributed by atoms with E-state index >= 15 is 0 Å². The Balaban J connectivity index is 2.13. The zero-order chi connectivity index (χ0) is 10.3. The summed E-state index contributed by atoms with van der Waals surface area (Å²) in [5.74, 6) is 0.633. The first-order chi connectivity index (χ1) is 7.36. The number of nitrogens with two attached hydrogens (primary N) is 1. The van der Waals surface area contributed by atoms with Crippen molar-refractivity contribution in [2.45, 2.75) is 13.0 Å². The van der Waals surface area contributed by atoms with Crippen molar-refractivity contribution in [3.05, 3.63) is 12.5 Å². The molecule has 0 unspecified atom stereocenters. The van der Waals surface area contributed by atoms with Gasteiger partial charge in [0, 0.05) is 6.54 Å². The van der Waals surface area contributed by atoms with Crippen LogP contribution < -0.4 is 10.5 Å². The molecule has 2 aromatic rings. The molecule has 3 rings (SSSR count). The number of hydrogen-bond acceptors (Lipinski definition) is 4. The SMILES string of the molecule is Nc1c(-c2cnc[nH]2)nc2n1CCCO2. The summed E-state index contributed by atoms with van der Waals surface area (Å²) in [5.41, 5.74) is 7.52. The number of aromatic nitrogens is 4. The molecular formula is C9H11N5O. The van der Waals surface area contributed by atoms with Gasteiger partial charge in [-0.3, -0.25) is 4.57 Å². The molecule has 2 aromatic heterocycles. The minimum absolute atomic E-state index is 0.600. The maximum atomic E-state index is 5.99. The van der Waals surface area contributed by atoms with Crippen LogP contribution in [0.5, 0.6) is 6.01 Å². The molecule has 15 heavy (non-hydrogen) atoms. The smallest absolute Gasteiger partial charge is 0.298 e. The van der Waals surface area contributed by atoms with Crippen molar-refractivity contribution in [3.8, 4) is 17.4 Å². The summed E-state index contributed by atoms with van der Waals surface area (Å²) in [4.78, 5) is 11.3. The number of H-pyrrole nitrogens is 1. The molecule has 0 saturated heterocycles. The lowest BCUT2D eigenvalue weighted by molar-refractivity contribution is 0.232. The number of hydrogen-bond donors (Lipinski definition) is 2. The van der Waals surface area contributed by atoms with Crippen molar-refractivity contribution in [2.75, 3.05) is 12.3 Å². The summed E-state index contributed by atoms with van der Waals surface area (Å²) < 4.78 is 7.31. The highest BCUT2D eigenvalue weighted by atomic mass is 16.5. The Labute approximate surface area is 86.1 Å². The molecule has 0 fully saturated rings. The molecular weight excluding hydrogens is 194 g/mol. The van der Waals surface area contributed by atoms with Gasteiger partial charge in [0.25, 0.3) is 6.01 Å². The van der Waals surface area contributed by atoms with Crippen LogP contribution in [0.2, 0.25) is 0 Å². The van der Waals surface area contributed by atoms with Crippen LogP contribution >= 0.6 is 0 Å². The van der Waals surface area contributed by atoms with Crippen molar-refractivity contribution in [1.29, 1.82) is 0 Å².